The van der Waals surface area contributed by atoms with Crippen LogP contribution in [0.4, 0.5) is 0 Å². The minimum atomic E-state index is -0.499. The quantitative estimate of drug-likeness (QED) is 0.837. The van der Waals surface area contributed by atoms with Gasteiger partial charge in [-0.2, -0.15) is 0 Å². The molecule has 23 heavy (non-hydrogen) atoms. The van der Waals surface area contributed by atoms with Crippen LogP contribution in [0.25, 0.3) is 0 Å². The van der Waals surface area contributed by atoms with Gasteiger partial charge in [0, 0.05) is 6.54 Å². The van der Waals surface area contributed by atoms with Crippen LogP contribution in [-0.2, 0) is 4.79 Å². The highest BCUT2D eigenvalue weighted by Gasteiger charge is 2.18. The Hall–Kier alpha value is -1.75. The minimum absolute atomic E-state index is 0.0613. The Morgan fingerprint density at radius 2 is 1.87 bits per heavy atom. The van der Waals surface area contributed by atoms with Gasteiger partial charge >= 0.3 is 0 Å². The van der Waals surface area contributed by atoms with Gasteiger partial charge in [-0.25, -0.2) is 0 Å². The second-order valence-corrected chi connectivity index (χ2v) is 6.26. The van der Waals surface area contributed by atoms with Crippen molar-refractivity contribution in [3.63, 3.8) is 0 Å². The van der Waals surface area contributed by atoms with Gasteiger partial charge in [-0.1, -0.05) is 0 Å². The number of amides is 1. The van der Waals surface area contributed by atoms with Crippen LogP contribution >= 0.6 is 0 Å². The van der Waals surface area contributed by atoms with E-state index in [-0.39, 0.29) is 5.91 Å². The summed E-state index contributed by atoms with van der Waals surface area (Å²) in [6.45, 7) is 4.82. The van der Waals surface area contributed by atoms with Gasteiger partial charge in [-0.3, -0.25) is 4.79 Å². The van der Waals surface area contributed by atoms with Gasteiger partial charge in [-0.05, 0) is 76.5 Å². The molecule has 0 radical (unpaired) electrons. The Bertz CT molecular complexity index is 482. The zero-order chi connectivity index (χ0) is 16.7. The number of ether oxygens (including phenoxy) is 2. The van der Waals surface area contributed by atoms with Gasteiger partial charge in [0.05, 0.1) is 7.11 Å². The summed E-state index contributed by atoms with van der Waals surface area (Å²) in [5, 5.41) is 2.98. The van der Waals surface area contributed by atoms with Crippen molar-refractivity contribution in [2.24, 2.45) is 5.92 Å². The lowest BCUT2D eigenvalue weighted by Gasteiger charge is -2.29. The molecular formula is C18H28N2O3. The molecule has 1 unspecified atom stereocenters. The van der Waals surface area contributed by atoms with Gasteiger partial charge < -0.3 is 19.7 Å². The highest BCUT2D eigenvalue weighted by atomic mass is 16.5. The van der Waals surface area contributed by atoms with Crippen LogP contribution in [0.5, 0.6) is 11.5 Å². The van der Waals surface area contributed by atoms with Crippen LogP contribution in [0.15, 0.2) is 24.3 Å². The largest absolute Gasteiger partial charge is 0.497 e. The second kappa shape index (κ2) is 8.77. The van der Waals surface area contributed by atoms with Crippen LogP contribution in [-0.4, -0.2) is 50.7 Å². The number of nitrogens with one attached hydrogen (secondary N) is 1. The van der Waals surface area contributed by atoms with Crippen LogP contribution in [0.1, 0.15) is 26.2 Å². The first-order chi connectivity index (χ1) is 11.1. The molecule has 2 rings (SSSR count). The summed E-state index contributed by atoms with van der Waals surface area (Å²) in [5.41, 5.74) is 0. The third kappa shape index (κ3) is 5.75. The first kappa shape index (κ1) is 17.6. The van der Waals surface area contributed by atoms with E-state index in [9.17, 15) is 4.79 Å². The summed E-state index contributed by atoms with van der Waals surface area (Å²) in [7, 11) is 3.78. The molecule has 1 N–H and O–H groups in total. The number of rotatable bonds is 7. The number of carbonyl (C=O) groups excluding carboxylic acids is 1. The van der Waals surface area contributed by atoms with Crippen molar-refractivity contribution < 1.29 is 14.3 Å². The van der Waals surface area contributed by atoms with E-state index in [1.807, 2.05) is 12.1 Å². The van der Waals surface area contributed by atoms with Crippen molar-refractivity contribution in [3.05, 3.63) is 24.3 Å². The van der Waals surface area contributed by atoms with E-state index in [1.54, 1.807) is 26.2 Å². The summed E-state index contributed by atoms with van der Waals surface area (Å²) in [6.07, 6.45) is 3.00. The molecule has 0 aromatic heterocycles. The fraction of sp³-hybridized carbons (Fsp3) is 0.611. The maximum Gasteiger partial charge on any atom is 0.260 e. The number of methoxy groups -OCH3 is 1. The molecule has 5 nitrogen and oxygen atoms in total. The summed E-state index contributed by atoms with van der Waals surface area (Å²) < 4.78 is 10.8. The number of nitrogens with zero attached hydrogens (tertiary/aromatic N) is 1. The van der Waals surface area contributed by atoms with E-state index < -0.39 is 6.10 Å². The molecule has 1 aromatic rings. The summed E-state index contributed by atoms with van der Waals surface area (Å²) in [6, 6.07) is 7.25. The lowest BCUT2D eigenvalue weighted by molar-refractivity contribution is -0.127. The smallest absolute Gasteiger partial charge is 0.260 e. The van der Waals surface area contributed by atoms with Gasteiger partial charge in [0.25, 0.3) is 5.91 Å². The average molecular weight is 320 g/mol. The fourth-order valence-corrected chi connectivity index (χ4v) is 2.81. The third-order valence-corrected chi connectivity index (χ3v) is 4.43. The number of piperidine rings is 1. The Labute approximate surface area is 139 Å². The van der Waals surface area contributed by atoms with Crippen LogP contribution < -0.4 is 14.8 Å². The zero-order valence-corrected chi connectivity index (χ0v) is 14.4. The van der Waals surface area contributed by atoms with Crippen LogP contribution in [0.3, 0.4) is 0 Å². The Morgan fingerprint density at radius 3 is 2.48 bits per heavy atom. The number of hydrogen-bond acceptors (Lipinski definition) is 4. The molecule has 0 bridgehead atoms. The maximum absolute atomic E-state index is 12.1. The number of hydrogen-bond donors (Lipinski definition) is 1. The predicted molar refractivity (Wildman–Crippen MR) is 90.9 cm³/mol. The lowest BCUT2D eigenvalue weighted by Crippen LogP contribution is -2.38. The molecule has 0 saturated carbocycles. The van der Waals surface area contributed by atoms with Gasteiger partial charge in [-0.15, -0.1) is 0 Å². The molecule has 1 aliphatic heterocycles. The van der Waals surface area contributed by atoms with Crippen molar-refractivity contribution in [3.8, 4) is 11.5 Å². The number of carbonyl (C=O) groups is 1. The maximum atomic E-state index is 12.1. The van der Waals surface area contributed by atoms with Crippen molar-refractivity contribution in [2.75, 3.05) is 33.8 Å². The number of likely N-dealkylation sites (tertiary alicyclic amines) is 1. The molecule has 1 fully saturated rings. The second-order valence-electron chi connectivity index (χ2n) is 6.26. The van der Waals surface area contributed by atoms with E-state index in [1.165, 1.54) is 12.8 Å². The average Bonchev–Trinajstić information content (AvgIpc) is 2.57. The first-order valence-electron chi connectivity index (χ1n) is 8.35. The van der Waals surface area contributed by atoms with E-state index in [4.69, 9.17) is 9.47 Å². The Balaban J connectivity index is 1.68. The molecule has 1 saturated heterocycles. The SMILES string of the molecule is COc1ccc(OC(C)C(=O)NCCC2CCN(C)CC2)cc1. The van der Waals surface area contributed by atoms with E-state index >= 15 is 0 Å². The topological polar surface area (TPSA) is 50.8 Å². The standard InChI is InChI=1S/C18H28N2O3/c1-14(23-17-6-4-16(22-3)5-7-17)18(21)19-11-8-15-9-12-20(2)13-10-15/h4-7,14-15H,8-13H2,1-3H3,(H,19,21). The van der Waals surface area contributed by atoms with E-state index in [0.717, 1.165) is 37.7 Å². The van der Waals surface area contributed by atoms with Gasteiger partial charge in [0.15, 0.2) is 6.10 Å². The number of benzene rings is 1. The van der Waals surface area contributed by atoms with Crippen molar-refractivity contribution in [2.45, 2.75) is 32.3 Å². The fourth-order valence-electron chi connectivity index (χ4n) is 2.81. The van der Waals surface area contributed by atoms with E-state index in [0.29, 0.717) is 5.75 Å². The molecule has 1 aromatic carbocycles. The van der Waals surface area contributed by atoms with Crippen molar-refractivity contribution >= 4 is 5.91 Å². The summed E-state index contributed by atoms with van der Waals surface area (Å²) in [4.78, 5) is 14.5. The minimum Gasteiger partial charge on any atom is -0.497 e. The third-order valence-electron chi connectivity index (χ3n) is 4.43. The predicted octanol–water partition coefficient (Wildman–Crippen LogP) is 2.31. The molecule has 1 heterocycles. The normalized spacial score (nSPS) is 17.5. The van der Waals surface area contributed by atoms with E-state index in [2.05, 4.69) is 17.3 Å². The van der Waals surface area contributed by atoms with Gasteiger partial charge in [0.2, 0.25) is 0 Å². The molecule has 1 atom stereocenters. The van der Waals surface area contributed by atoms with Crippen LogP contribution in [0.2, 0.25) is 0 Å². The molecule has 1 amide bonds. The van der Waals surface area contributed by atoms with Crippen molar-refractivity contribution in [1.82, 2.24) is 10.2 Å². The summed E-state index contributed by atoms with van der Waals surface area (Å²) >= 11 is 0. The molecule has 0 aliphatic carbocycles. The van der Waals surface area contributed by atoms with Crippen LogP contribution in [0, 0.1) is 5.92 Å². The molecular weight excluding hydrogens is 292 g/mol. The molecule has 5 heteroatoms. The molecule has 128 valence electrons. The lowest BCUT2D eigenvalue weighted by atomic mass is 9.94. The zero-order valence-electron chi connectivity index (χ0n) is 14.4. The van der Waals surface area contributed by atoms with Gasteiger partial charge in [0.1, 0.15) is 11.5 Å². The monoisotopic (exact) mass is 320 g/mol. The Morgan fingerprint density at radius 1 is 1.26 bits per heavy atom. The first-order valence-corrected chi connectivity index (χ1v) is 8.35. The highest BCUT2D eigenvalue weighted by molar-refractivity contribution is 5.80. The Kier molecular flexibility index (Phi) is 6.71. The molecule has 0 spiro atoms. The highest BCUT2D eigenvalue weighted by Crippen LogP contribution is 2.19. The molecule has 1 aliphatic rings. The van der Waals surface area contributed by atoms with Crippen molar-refractivity contribution in [1.29, 1.82) is 0 Å². The summed E-state index contributed by atoms with van der Waals surface area (Å²) in [5.74, 6) is 2.11.